The fourth-order valence-electron chi connectivity index (χ4n) is 1.22. The van der Waals surface area contributed by atoms with E-state index >= 15 is 0 Å². The summed E-state index contributed by atoms with van der Waals surface area (Å²) >= 11 is 0. The molecule has 17 heavy (non-hydrogen) atoms. The molecule has 0 fully saturated rings. The average molecular weight is 238 g/mol. The van der Waals surface area contributed by atoms with Crippen molar-refractivity contribution < 1.29 is 14.6 Å². The molecule has 0 unspecified atom stereocenters. The molecule has 0 aliphatic heterocycles. The van der Waals surface area contributed by atoms with E-state index in [2.05, 4.69) is 13.0 Å². The number of unbranched alkanes of at least 4 members (excludes halogenated alkanes) is 2. The van der Waals surface area contributed by atoms with E-state index in [0.717, 1.165) is 6.42 Å². The Balaban J connectivity index is 4.16. The third kappa shape index (κ3) is 7.39. The highest BCUT2D eigenvalue weighted by atomic mass is 16.5. The molecule has 0 heterocycles. The molecule has 0 bridgehead atoms. The normalized spacial score (nSPS) is 13.1. The summed E-state index contributed by atoms with van der Waals surface area (Å²) in [5.41, 5.74) is 0.257. The number of carboxylic acids is 1. The van der Waals surface area contributed by atoms with Crippen molar-refractivity contribution in [1.82, 2.24) is 0 Å². The molecule has 0 aliphatic carbocycles. The van der Waals surface area contributed by atoms with Crippen LogP contribution in [0.4, 0.5) is 0 Å². The molecule has 0 rings (SSSR count). The van der Waals surface area contributed by atoms with E-state index in [9.17, 15) is 4.79 Å². The zero-order valence-electron chi connectivity index (χ0n) is 10.9. The molecule has 0 aliphatic rings. The van der Waals surface area contributed by atoms with E-state index in [1.807, 2.05) is 13.0 Å². The number of rotatable bonds is 8. The lowest BCUT2D eigenvalue weighted by molar-refractivity contribution is -0.132. The maximum Gasteiger partial charge on any atom is 0.334 e. The molecule has 3 nitrogen and oxygen atoms in total. The first-order valence-electron chi connectivity index (χ1n) is 6.04. The number of allylic oxidation sites excluding steroid dienone is 4. The van der Waals surface area contributed by atoms with Gasteiger partial charge in [-0.05, 0) is 19.4 Å². The average Bonchev–Trinajstić information content (AvgIpc) is 2.32. The quantitative estimate of drug-likeness (QED) is 0.300. The SMILES string of the molecule is CCCC/C=C/C=C/O/C(CC)=C(\C)C(=O)O. The van der Waals surface area contributed by atoms with Crippen LogP contribution in [0, 0.1) is 0 Å². The van der Waals surface area contributed by atoms with Crippen molar-refractivity contribution in [3.63, 3.8) is 0 Å². The number of hydrogen-bond acceptors (Lipinski definition) is 2. The van der Waals surface area contributed by atoms with Crippen molar-refractivity contribution in [2.24, 2.45) is 0 Å². The number of carboxylic acid groups (broad SMARTS) is 1. The molecule has 0 aromatic carbocycles. The molecule has 0 aromatic heterocycles. The highest BCUT2D eigenvalue weighted by Crippen LogP contribution is 2.10. The molecule has 0 aromatic rings. The maximum atomic E-state index is 10.7. The van der Waals surface area contributed by atoms with Crippen molar-refractivity contribution in [2.45, 2.75) is 46.5 Å². The largest absolute Gasteiger partial charge is 0.478 e. The Kier molecular flexibility index (Phi) is 8.84. The smallest absolute Gasteiger partial charge is 0.334 e. The topological polar surface area (TPSA) is 46.5 Å². The van der Waals surface area contributed by atoms with Crippen LogP contribution in [0.3, 0.4) is 0 Å². The number of hydrogen-bond donors (Lipinski definition) is 1. The minimum absolute atomic E-state index is 0.257. The van der Waals surface area contributed by atoms with Gasteiger partial charge in [0.05, 0.1) is 11.8 Å². The minimum Gasteiger partial charge on any atom is -0.478 e. The van der Waals surface area contributed by atoms with Gasteiger partial charge in [-0.3, -0.25) is 0 Å². The Morgan fingerprint density at radius 2 is 2.00 bits per heavy atom. The van der Waals surface area contributed by atoms with Gasteiger partial charge in [-0.1, -0.05) is 38.8 Å². The van der Waals surface area contributed by atoms with Gasteiger partial charge < -0.3 is 9.84 Å². The monoisotopic (exact) mass is 238 g/mol. The van der Waals surface area contributed by atoms with Crippen LogP contribution in [0.2, 0.25) is 0 Å². The van der Waals surface area contributed by atoms with Gasteiger partial charge >= 0.3 is 5.97 Å². The summed E-state index contributed by atoms with van der Waals surface area (Å²) in [5.74, 6) is -0.440. The van der Waals surface area contributed by atoms with Crippen LogP contribution in [0.5, 0.6) is 0 Å². The molecule has 0 atom stereocenters. The van der Waals surface area contributed by atoms with E-state index in [-0.39, 0.29) is 5.57 Å². The first-order valence-corrected chi connectivity index (χ1v) is 6.04. The molecule has 0 saturated carbocycles. The summed E-state index contributed by atoms with van der Waals surface area (Å²) in [5, 5.41) is 8.81. The second-order valence-electron chi connectivity index (χ2n) is 3.72. The van der Waals surface area contributed by atoms with Crippen LogP contribution in [0.25, 0.3) is 0 Å². The van der Waals surface area contributed by atoms with Crippen LogP contribution in [-0.2, 0) is 9.53 Å². The first kappa shape index (κ1) is 15.5. The van der Waals surface area contributed by atoms with Crippen LogP contribution in [0.15, 0.2) is 35.8 Å². The van der Waals surface area contributed by atoms with E-state index in [0.29, 0.717) is 12.2 Å². The number of ether oxygens (including phenoxy) is 1. The predicted octanol–water partition coefficient (Wildman–Crippen LogP) is 4.03. The van der Waals surface area contributed by atoms with Gasteiger partial charge in [-0.2, -0.15) is 0 Å². The van der Waals surface area contributed by atoms with Crippen molar-refractivity contribution in [1.29, 1.82) is 0 Å². The summed E-state index contributed by atoms with van der Waals surface area (Å²) in [7, 11) is 0. The van der Waals surface area contributed by atoms with E-state index in [1.165, 1.54) is 19.1 Å². The Hall–Kier alpha value is -1.51. The molecule has 0 spiro atoms. The second kappa shape index (κ2) is 9.70. The maximum absolute atomic E-state index is 10.7. The van der Waals surface area contributed by atoms with Crippen molar-refractivity contribution in [3.05, 3.63) is 35.8 Å². The molecule has 96 valence electrons. The third-order valence-corrected chi connectivity index (χ3v) is 2.32. The van der Waals surface area contributed by atoms with Gasteiger partial charge in [0.15, 0.2) is 0 Å². The Bertz CT molecular complexity index is 311. The van der Waals surface area contributed by atoms with Crippen molar-refractivity contribution in [2.75, 3.05) is 0 Å². The molecular formula is C14H22O3. The van der Waals surface area contributed by atoms with Crippen LogP contribution in [-0.4, -0.2) is 11.1 Å². The first-order chi connectivity index (χ1) is 8.13. The Morgan fingerprint density at radius 3 is 2.53 bits per heavy atom. The van der Waals surface area contributed by atoms with E-state index in [4.69, 9.17) is 9.84 Å². The molecule has 0 saturated heterocycles. The Morgan fingerprint density at radius 1 is 1.29 bits per heavy atom. The van der Waals surface area contributed by atoms with Gasteiger partial charge in [0.25, 0.3) is 0 Å². The van der Waals surface area contributed by atoms with E-state index in [1.54, 1.807) is 13.0 Å². The summed E-state index contributed by atoms with van der Waals surface area (Å²) in [6, 6.07) is 0. The summed E-state index contributed by atoms with van der Waals surface area (Å²) in [4.78, 5) is 10.7. The lowest BCUT2D eigenvalue weighted by Gasteiger charge is -2.05. The van der Waals surface area contributed by atoms with Crippen molar-refractivity contribution in [3.8, 4) is 0 Å². The standard InChI is InChI=1S/C14H22O3/c1-4-6-7-8-9-10-11-17-13(5-2)12(3)14(15)16/h8-11H,4-7H2,1-3H3,(H,15,16)/b9-8+,11-10+,13-12+. The van der Waals surface area contributed by atoms with Gasteiger partial charge in [0.2, 0.25) is 0 Å². The summed E-state index contributed by atoms with van der Waals surface area (Å²) in [6.45, 7) is 5.57. The minimum atomic E-state index is -0.936. The lowest BCUT2D eigenvalue weighted by atomic mass is 10.2. The fourth-order valence-corrected chi connectivity index (χ4v) is 1.22. The lowest BCUT2D eigenvalue weighted by Crippen LogP contribution is -2.01. The summed E-state index contributed by atoms with van der Waals surface area (Å²) in [6.07, 6.45) is 11.3. The third-order valence-electron chi connectivity index (χ3n) is 2.32. The van der Waals surface area contributed by atoms with Crippen molar-refractivity contribution >= 4 is 5.97 Å². The predicted molar refractivity (Wildman–Crippen MR) is 69.5 cm³/mol. The van der Waals surface area contributed by atoms with Crippen LogP contribution in [0.1, 0.15) is 46.5 Å². The zero-order valence-corrected chi connectivity index (χ0v) is 10.9. The fraction of sp³-hybridized carbons (Fsp3) is 0.500. The molecule has 0 radical (unpaired) electrons. The number of aliphatic carboxylic acids is 1. The molecule has 3 heteroatoms. The van der Waals surface area contributed by atoms with Gasteiger partial charge in [-0.15, -0.1) is 0 Å². The van der Waals surface area contributed by atoms with Gasteiger partial charge in [-0.25, -0.2) is 4.79 Å². The zero-order chi connectivity index (χ0) is 13.1. The molecule has 1 N–H and O–H groups in total. The van der Waals surface area contributed by atoms with Gasteiger partial charge in [0, 0.05) is 6.42 Å². The van der Waals surface area contributed by atoms with Crippen LogP contribution < -0.4 is 0 Å². The highest BCUT2D eigenvalue weighted by molar-refractivity contribution is 5.86. The summed E-state index contributed by atoms with van der Waals surface area (Å²) < 4.78 is 5.29. The Labute approximate surface area is 103 Å². The molecular weight excluding hydrogens is 216 g/mol. The second-order valence-corrected chi connectivity index (χ2v) is 3.72. The van der Waals surface area contributed by atoms with Gasteiger partial charge in [0.1, 0.15) is 5.76 Å². The van der Waals surface area contributed by atoms with E-state index < -0.39 is 5.97 Å². The van der Waals surface area contributed by atoms with Crippen LogP contribution >= 0.6 is 0 Å². The molecule has 0 amide bonds. The number of carbonyl (C=O) groups is 1. The highest BCUT2D eigenvalue weighted by Gasteiger charge is 2.07.